The van der Waals surface area contributed by atoms with Crippen molar-refractivity contribution in [1.82, 2.24) is 5.32 Å². The van der Waals surface area contributed by atoms with Crippen LogP contribution in [0.2, 0.25) is 0 Å². The van der Waals surface area contributed by atoms with Gasteiger partial charge in [0.2, 0.25) is 0 Å². The van der Waals surface area contributed by atoms with Crippen LogP contribution >= 0.6 is 0 Å². The minimum atomic E-state index is -2.87. The Kier molecular flexibility index (Phi) is 6.38. The van der Waals surface area contributed by atoms with E-state index >= 15 is 0 Å². The van der Waals surface area contributed by atoms with Crippen LogP contribution in [-0.4, -0.2) is 31.5 Å². The van der Waals surface area contributed by atoms with Crippen LogP contribution in [0.5, 0.6) is 11.5 Å². The highest BCUT2D eigenvalue weighted by atomic mass is 19.3. The average molecular weight is 261 g/mol. The highest BCUT2D eigenvalue weighted by Gasteiger charge is 2.11. The van der Waals surface area contributed by atoms with Crippen LogP contribution in [0, 0.1) is 0 Å². The zero-order chi connectivity index (χ0) is 13.4. The van der Waals surface area contributed by atoms with E-state index in [1.807, 2.05) is 0 Å². The second-order valence-electron chi connectivity index (χ2n) is 3.49. The van der Waals surface area contributed by atoms with Crippen LogP contribution in [0.1, 0.15) is 12.5 Å². The van der Waals surface area contributed by atoms with Gasteiger partial charge in [-0.15, -0.1) is 0 Å². The van der Waals surface area contributed by atoms with E-state index in [9.17, 15) is 8.78 Å². The van der Waals surface area contributed by atoms with E-state index in [0.29, 0.717) is 25.4 Å². The molecule has 0 saturated carbocycles. The molecule has 1 aromatic rings. The molecule has 0 aliphatic carbocycles. The van der Waals surface area contributed by atoms with Crippen molar-refractivity contribution in [2.75, 3.05) is 19.8 Å². The molecule has 0 radical (unpaired) electrons. The van der Waals surface area contributed by atoms with Gasteiger partial charge >= 0.3 is 6.61 Å². The number of nitrogens with one attached hydrogen (secondary N) is 1. The molecule has 1 aromatic carbocycles. The van der Waals surface area contributed by atoms with E-state index in [4.69, 9.17) is 9.84 Å². The highest BCUT2D eigenvalue weighted by Crippen LogP contribution is 2.29. The Balaban J connectivity index is 2.74. The standard InChI is InChI=1S/C12H17F2NO3/c1-2-17-11-7-9(8-15-5-6-16)3-4-10(11)18-12(13)14/h3-4,7,12,15-16H,2,5-6,8H2,1H3. The molecule has 0 aliphatic heterocycles. The number of halogens is 2. The van der Waals surface area contributed by atoms with Gasteiger partial charge in [-0.05, 0) is 24.6 Å². The van der Waals surface area contributed by atoms with Crippen molar-refractivity contribution in [2.24, 2.45) is 0 Å². The molecule has 6 heteroatoms. The predicted molar refractivity (Wildman–Crippen MR) is 63.0 cm³/mol. The normalized spacial score (nSPS) is 10.7. The first-order valence-corrected chi connectivity index (χ1v) is 5.69. The number of rotatable bonds is 8. The summed E-state index contributed by atoms with van der Waals surface area (Å²) in [4.78, 5) is 0. The van der Waals surface area contributed by atoms with Crippen LogP contribution in [0.4, 0.5) is 8.78 Å². The van der Waals surface area contributed by atoms with Crippen molar-refractivity contribution in [1.29, 1.82) is 0 Å². The average Bonchev–Trinajstić information content (AvgIpc) is 2.32. The molecule has 4 nitrogen and oxygen atoms in total. The lowest BCUT2D eigenvalue weighted by Crippen LogP contribution is -2.17. The first kappa shape index (κ1) is 14.7. The van der Waals surface area contributed by atoms with Gasteiger partial charge in [0, 0.05) is 13.1 Å². The molecule has 0 unspecified atom stereocenters. The molecule has 1 rings (SSSR count). The zero-order valence-corrected chi connectivity index (χ0v) is 10.2. The second-order valence-corrected chi connectivity index (χ2v) is 3.49. The fraction of sp³-hybridized carbons (Fsp3) is 0.500. The Morgan fingerprint density at radius 3 is 2.72 bits per heavy atom. The molecule has 2 N–H and O–H groups in total. The summed E-state index contributed by atoms with van der Waals surface area (Å²) in [7, 11) is 0. The molecule has 102 valence electrons. The van der Waals surface area contributed by atoms with Gasteiger partial charge in [0.05, 0.1) is 13.2 Å². The number of aliphatic hydroxyl groups is 1. The minimum absolute atomic E-state index is 0.0257. The highest BCUT2D eigenvalue weighted by molar-refractivity contribution is 5.43. The maximum absolute atomic E-state index is 12.2. The fourth-order valence-electron chi connectivity index (χ4n) is 1.44. The van der Waals surface area contributed by atoms with E-state index in [-0.39, 0.29) is 12.4 Å². The Morgan fingerprint density at radius 2 is 2.11 bits per heavy atom. The number of hydrogen-bond acceptors (Lipinski definition) is 4. The Morgan fingerprint density at radius 1 is 1.33 bits per heavy atom. The lowest BCUT2D eigenvalue weighted by Gasteiger charge is -2.13. The van der Waals surface area contributed by atoms with Crippen LogP contribution < -0.4 is 14.8 Å². The third-order valence-electron chi connectivity index (χ3n) is 2.14. The van der Waals surface area contributed by atoms with Crippen LogP contribution in [0.15, 0.2) is 18.2 Å². The summed E-state index contributed by atoms with van der Waals surface area (Å²) < 4.78 is 34.0. The summed E-state index contributed by atoms with van der Waals surface area (Å²) >= 11 is 0. The summed E-state index contributed by atoms with van der Waals surface area (Å²) in [6.07, 6.45) is 0. The minimum Gasteiger partial charge on any atom is -0.490 e. The SMILES string of the molecule is CCOc1cc(CNCCO)ccc1OC(F)F. The van der Waals surface area contributed by atoms with E-state index < -0.39 is 6.61 Å². The van der Waals surface area contributed by atoms with Gasteiger partial charge in [-0.3, -0.25) is 0 Å². The van der Waals surface area contributed by atoms with Gasteiger partial charge in [0.1, 0.15) is 0 Å². The summed E-state index contributed by atoms with van der Waals surface area (Å²) in [5.74, 6) is 0.318. The monoisotopic (exact) mass is 261 g/mol. The van der Waals surface area contributed by atoms with Crippen molar-refractivity contribution in [3.8, 4) is 11.5 Å². The summed E-state index contributed by atoms with van der Waals surface area (Å²) in [5, 5.41) is 11.6. The van der Waals surface area contributed by atoms with Crippen molar-refractivity contribution >= 4 is 0 Å². The van der Waals surface area contributed by atoms with Crippen LogP contribution in [-0.2, 0) is 6.54 Å². The lowest BCUT2D eigenvalue weighted by atomic mass is 10.2. The first-order chi connectivity index (χ1) is 8.67. The zero-order valence-electron chi connectivity index (χ0n) is 10.2. The largest absolute Gasteiger partial charge is 0.490 e. The smallest absolute Gasteiger partial charge is 0.387 e. The molecule has 0 heterocycles. The maximum atomic E-state index is 12.2. The molecule has 0 aromatic heterocycles. The third kappa shape index (κ3) is 4.85. The van der Waals surface area contributed by atoms with Crippen molar-refractivity contribution in [3.63, 3.8) is 0 Å². The number of benzene rings is 1. The van der Waals surface area contributed by atoms with Crippen molar-refractivity contribution in [3.05, 3.63) is 23.8 Å². The summed E-state index contributed by atoms with van der Waals surface area (Å²) in [6, 6.07) is 4.77. The van der Waals surface area contributed by atoms with Crippen molar-refractivity contribution < 1.29 is 23.4 Å². The third-order valence-corrected chi connectivity index (χ3v) is 2.14. The molecule has 0 aliphatic rings. The number of aliphatic hydroxyl groups excluding tert-OH is 1. The topological polar surface area (TPSA) is 50.7 Å². The maximum Gasteiger partial charge on any atom is 0.387 e. The van der Waals surface area contributed by atoms with Gasteiger partial charge in [0.25, 0.3) is 0 Å². The molecule has 0 amide bonds. The summed E-state index contributed by atoms with van der Waals surface area (Å²) in [5.41, 5.74) is 0.869. The summed E-state index contributed by atoms with van der Waals surface area (Å²) in [6.45, 7) is 0.304. The van der Waals surface area contributed by atoms with E-state index in [2.05, 4.69) is 10.1 Å². The molecule has 0 bridgehead atoms. The Labute approximate surface area is 105 Å². The molecule has 0 fully saturated rings. The molecular weight excluding hydrogens is 244 g/mol. The number of hydrogen-bond donors (Lipinski definition) is 2. The molecule has 0 spiro atoms. The van der Waals surface area contributed by atoms with Gasteiger partial charge < -0.3 is 19.9 Å². The van der Waals surface area contributed by atoms with Crippen LogP contribution in [0.3, 0.4) is 0 Å². The number of alkyl halides is 2. The van der Waals surface area contributed by atoms with Crippen LogP contribution in [0.25, 0.3) is 0 Å². The Hall–Kier alpha value is -1.40. The molecule has 0 saturated heterocycles. The Bertz CT molecular complexity index is 361. The van der Waals surface area contributed by atoms with E-state index in [0.717, 1.165) is 5.56 Å². The van der Waals surface area contributed by atoms with E-state index in [1.165, 1.54) is 6.07 Å². The van der Waals surface area contributed by atoms with Gasteiger partial charge in [-0.25, -0.2) is 0 Å². The van der Waals surface area contributed by atoms with E-state index in [1.54, 1.807) is 19.1 Å². The number of ether oxygens (including phenoxy) is 2. The van der Waals surface area contributed by atoms with Crippen molar-refractivity contribution in [2.45, 2.75) is 20.1 Å². The predicted octanol–water partition coefficient (Wildman–Crippen LogP) is 1.77. The van der Waals surface area contributed by atoms with Gasteiger partial charge in [-0.2, -0.15) is 8.78 Å². The lowest BCUT2D eigenvalue weighted by molar-refractivity contribution is -0.0514. The first-order valence-electron chi connectivity index (χ1n) is 5.69. The van der Waals surface area contributed by atoms with Gasteiger partial charge in [-0.1, -0.05) is 6.07 Å². The second kappa shape index (κ2) is 7.84. The molecule has 18 heavy (non-hydrogen) atoms. The van der Waals surface area contributed by atoms with Gasteiger partial charge in [0.15, 0.2) is 11.5 Å². The quantitative estimate of drug-likeness (QED) is 0.700. The molecular formula is C12H17F2NO3. The fourth-order valence-corrected chi connectivity index (χ4v) is 1.44. The molecule has 0 atom stereocenters.